The number of ether oxygens (including phenoxy) is 1. The van der Waals surface area contributed by atoms with Crippen LogP contribution in [-0.4, -0.2) is 24.0 Å². The number of aromatic nitrogens is 1. The van der Waals surface area contributed by atoms with Crippen LogP contribution in [0.4, 0.5) is 5.69 Å². The first-order valence-corrected chi connectivity index (χ1v) is 7.40. The predicted octanol–water partition coefficient (Wildman–Crippen LogP) is 2.75. The summed E-state index contributed by atoms with van der Waals surface area (Å²) in [6, 6.07) is 7.39. The topological polar surface area (TPSA) is 68.3 Å². The molecule has 0 aliphatic rings. The van der Waals surface area contributed by atoms with Crippen LogP contribution in [0.15, 0.2) is 35.2 Å². The molecule has 2 rings (SSSR count). The number of nitrogens with one attached hydrogen (secondary N) is 1. The summed E-state index contributed by atoms with van der Waals surface area (Å²) in [7, 11) is 1.38. The van der Waals surface area contributed by atoms with Crippen LogP contribution in [-0.2, 0) is 16.0 Å². The number of carbonyl (C=O) groups is 2. The average Bonchev–Trinajstić information content (AvgIpc) is 3.02. The lowest BCUT2D eigenvalue weighted by Gasteiger charge is -2.10. The van der Waals surface area contributed by atoms with Crippen LogP contribution in [0, 0.1) is 5.92 Å². The van der Waals surface area contributed by atoms with E-state index in [0.29, 0.717) is 17.8 Å². The number of nitrogens with zero attached hydrogens (tertiary/aromatic N) is 1. The smallest absolute Gasteiger partial charge is 0.308 e. The molecule has 21 heavy (non-hydrogen) atoms. The highest BCUT2D eigenvalue weighted by atomic mass is 32.1. The average molecular weight is 304 g/mol. The number of thiazole rings is 1. The van der Waals surface area contributed by atoms with Gasteiger partial charge in [-0.1, -0.05) is 19.1 Å². The number of amides is 1. The summed E-state index contributed by atoms with van der Waals surface area (Å²) >= 11 is 1.38. The van der Waals surface area contributed by atoms with Crippen molar-refractivity contribution in [3.05, 3.63) is 46.4 Å². The Balaban J connectivity index is 1.96. The Morgan fingerprint density at radius 2 is 2.05 bits per heavy atom. The van der Waals surface area contributed by atoms with Crippen LogP contribution >= 0.6 is 11.3 Å². The van der Waals surface area contributed by atoms with E-state index in [0.717, 1.165) is 5.56 Å². The number of hydrogen-bond donors (Lipinski definition) is 1. The molecule has 0 aliphatic carbocycles. The summed E-state index contributed by atoms with van der Waals surface area (Å²) in [4.78, 5) is 27.2. The second-order valence-electron chi connectivity index (χ2n) is 4.65. The summed E-state index contributed by atoms with van der Waals surface area (Å²) in [6.07, 6.45) is 0.604. The van der Waals surface area contributed by atoms with Crippen molar-refractivity contribution in [2.45, 2.75) is 13.3 Å². The minimum absolute atomic E-state index is 0.189. The number of hydrogen-bond acceptors (Lipinski definition) is 5. The Bertz CT molecular complexity index is 608. The standard InChI is InChI=1S/C15H16N2O3S/c1-10(15(19)20-2)7-11-3-5-12(6-4-11)17-14(18)13-8-21-9-16-13/h3-6,8-10H,7H2,1-2H3,(H,17,18). The molecular weight excluding hydrogens is 288 g/mol. The summed E-state index contributed by atoms with van der Waals surface area (Å²) < 4.78 is 4.70. The summed E-state index contributed by atoms with van der Waals surface area (Å²) in [6.45, 7) is 1.82. The van der Waals surface area contributed by atoms with Crippen LogP contribution < -0.4 is 5.32 Å². The van der Waals surface area contributed by atoms with Crippen molar-refractivity contribution in [3.63, 3.8) is 0 Å². The summed E-state index contributed by atoms with van der Waals surface area (Å²) in [5.74, 6) is -0.645. The lowest BCUT2D eigenvalue weighted by molar-refractivity contribution is -0.144. The van der Waals surface area contributed by atoms with E-state index in [2.05, 4.69) is 10.3 Å². The van der Waals surface area contributed by atoms with E-state index >= 15 is 0 Å². The Morgan fingerprint density at radius 1 is 1.33 bits per heavy atom. The fourth-order valence-corrected chi connectivity index (χ4v) is 2.41. The molecule has 0 bridgehead atoms. The summed E-state index contributed by atoms with van der Waals surface area (Å²) in [5.41, 5.74) is 3.73. The van der Waals surface area contributed by atoms with E-state index in [1.54, 1.807) is 10.9 Å². The van der Waals surface area contributed by atoms with Crippen molar-refractivity contribution in [3.8, 4) is 0 Å². The van der Waals surface area contributed by atoms with Gasteiger partial charge in [-0.3, -0.25) is 9.59 Å². The van der Waals surface area contributed by atoms with E-state index in [4.69, 9.17) is 4.74 Å². The maximum Gasteiger partial charge on any atom is 0.308 e. The first-order valence-electron chi connectivity index (χ1n) is 6.46. The molecule has 0 aliphatic heterocycles. The predicted molar refractivity (Wildman–Crippen MR) is 81.4 cm³/mol. The van der Waals surface area contributed by atoms with Crippen LogP contribution in [0.1, 0.15) is 23.0 Å². The van der Waals surface area contributed by atoms with Crippen molar-refractivity contribution in [2.24, 2.45) is 5.92 Å². The molecular formula is C15H16N2O3S. The molecule has 6 heteroatoms. The third kappa shape index (κ3) is 4.13. The van der Waals surface area contributed by atoms with Gasteiger partial charge in [0.15, 0.2) is 0 Å². The van der Waals surface area contributed by atoms with Gasteiger partial charge in [-0.05, 0) is 24.1 Å². The second-order valence-corrected chi connectivity index (χ2v) is 5.37. The number of carbonyl (C=O) groups excluding carboxylic acids is 2. The number of benzene rings is 1. The molecule has 0 saturated carbocycles. The maximum absolute atomic E-state index is 11.8. The van der Waals surface area contributed by atoms with Crippen molar-refractivity contribution in [1.29, 1.82) is 0 Å². The molecule has 1 atom stereocenters. The van der Waals surface area contributed by atoms with Crippen molar-refractivity contribution in [2.75, 3.05) is 12.4 Å². The molecule has 110 valence electrons. The van der Waals surface area contributed by atoms with Gasteiger partial charge in [0.2, 0.25) is 0 Å². The first-order chi connectivity index (χ1) is 10.1. The minimum atomic E-state index is -0.230. The molecule has 1 aromatic carbocycles. The van der Waals surface area contributed by atoms with Gasteiger partial charge in [0, 0.05) is 11.1 Å². The third-order valence-electron chi connectivity index (χ3n) is 3.02. The minimum Gasteiger partial charge on any atom is -0.469 e. The van der Waals surface area contributed by atoms with E-state index in [-0.39, 0.29) is 17.8 Å². The molecule has 1 aromatic heterocycles. The quantitative estimate of drug-likeness (QED) is 0.862. The zero-order valence-electron chi connectivity index (χ0n) is 11.8. The van der Waals surface area contributed by atoms with Crippen LogP contribution in [0.2, 0.25) is 0 Å². The molecule has 1 amide bonds. The SMILES string of the molecule is COC(=O)C(C)Cc1ccc(NC(=O)c2cscn2)cc1. The van der Waals surface area contributed by atoms with Crippen molar-refractivity contribution < 1.29 is 14.3 Å². The first kappa shape index (κ1) is 15.2. The van der Waals surface area contributed by atoms with Crippen LogP contribution in [0.5, 0.6) is 0 Å². The van der Waals surface area contributed by atoms with Gasteiger partial charge in [0.1, 0.15) is 5.69 Å². The molecule has 0 spiro atoms. The maximum atomic E-state index is 11.8. The van der Waals surface area contributed by atoms with E-state index in [1.807, 2.05) is 31.2 Å². The Kier molecular flexibility index (Phi) is 5.05. The van der Waals surface area contributed by atoms with Crippen LogP contribution in [0.25, 0.3) is 0 Å². The monoisotopic (exact) mass is 304 g/mol. The normalized spacial score (nSPS) is 11.7. The fourth-order valence-electron chi connectivity index (χ4n) is 1.88. The molecule has 1 unspecified atom stereocenters. The van der Waals surface area contributed by atoms with Gasteiger partial charge in [0.05, 0.1) is 18.5 Å². The fraction of sp³-hybridized carbons (Fsp3) is 0.267. The van der Waals surface area contributed by atoms with E-state index in [1.165, 1.54) is 18.4 Å². The Labute approximate surface area is 127 Å². The number of esters is 1. The highest BCUT2D eigenvalue weighted by Crippen LogP contribution is 2.15. The van der Waals surface area contributed by atoms with Gasteiger partial charge >= 0.3 is 5.97 Å². The van der Waals surface area contributed by atoms with E-state index in [9.17, 15) is 9.59 Å². The number of rotatable bonds is 5. The molecule has 2 aromatic rings. The lowest BCUT2D eigenvalue weighted by Crippen LogP contribution is -2.15. The molecule has 0 saturated heterocycles. The molecule has 0 fully saturated rings. The number of methoxy groups -OCH3 is 1. The van der Waals surface area contributed by atoms with E-state index < -0.39 is 0 Å². The number of anilines is 1. The Hall–Kier alpha value is -2.21. The zero-order valence-corrected chi connectivity index (χ0v) is 12.6. The van der Waals surface area contributed by atoms with Crippen LogP contribution in [0.3, 0.4) is 0 Å². The Morgan fingerprint density at radius 3 is 2.62 bits per heavy atom. The van der Waals surface area contributed by atoms with Gasteiger partial charge < -0.3 is 10.1 Å². The summed E-state index contributed by atoms with van der Waals surface area (Å²) in [5, 5.41) is 4.47. The largest absolute Gasteiger partial charge is 0.469 e. The highest BCUT2D eigenvalue weighted by molar-refractivity contribution is 7.07. The van der Waals surface area contributed by atoms with Crippen molar-refractivity contribution >= 4 is 28.9 Å². The van der Waals surface area contributed by atoms with Gasteiger partial charge in [0.25, 0.3) is 5.91 Å². The molecule has 0 radical (unpaired) electrons. The highest BCUT2D eigenvalue weighted by Gasteiger charge is 2.13. The zero-order chi connectivity index (χ0) is 15.2. The lowest BCUT2D eigenvalue weighted by atomic mass is 10.0. The van der Waals surface area contributed by atoms with Gasteiger partial charge in [-0.15, -0.1) is 11.3 Å². The van der Waals surface area contributed by atoms with Gasteiger partial charge in [-0.25, -0.2) is 4.98 Å². The van der Waals surface area contributed by atoms with Gasteiger partial charge in [-0.2, -0.15) is 0 Å². The molecule has 1 N–H and O–H groups in total. The molecule has 5 nitrogen and oxygen atoms in total. The molecule has 1 heterocycles. The second kappa shape index (κ2) is 6.99. The van der Waals surface area contributed by atoms with Crippen molar-refractivity contribution in [1.82, 2.24) is 4.98 Å². The third-order valence-corrected chi connectivity index (χ3v) is 3.61.